The summed E-state index contributed by atoms with van der Waals surface area (Å²) in [6.45, 7) is 7.46. The summed E-state index contributed by atoms with van der Waals surface area (Å²) >= 11 is 0. The van der Waals surface area contributed by atoms with Gasteiger partial charge in [0.05, 0.1) is 24.3 Å². The number of benzene rings is 2. The first-order valence-electron chi connectivity index (χ1n) is 11.9. The molecule has 6 heteroatoms. The molecule has 0 spiro atoms. The molecule has 33 heavy (non-hydrogen) atoms. The lowest BCUT2D eigenvalue weighted by molar-refractivity contribution is 0.00439. The number of ether oxygens (including phenoxy) is 4. The van der Waals surface area contributed by atoms with Crippen molar-refractivity contribution in [3.05, 3.63) is 59.7 Å². The van der Waals surface area contributed by atoms with Gasteiger partial charge in [0, 0.05) is 6.61 Å². The van der Waals surface area contributed by atoms with Crippen LogP contribution in [0.25, 0.3) is 0 Å². The fourth-order valence-electron chi connectivity index (χ4n) is 3.15. The minimum Gasteiger partial charge on any atom is -0.494 e. The Labute approximate surface area is 197 Å². The third-order valence-corrected chi connectivity index (χ3v) is 5.02. The van der Waals surface area contributed by atoms with Gasteiger partial charge in [-0.2, -0.15) is 0 Å². The van der Waals surface area contributed by atoms with Gasteiger partial charge in [0.25, 0.3) is 0 Å². The number of esters is 2. The molecule has 1 atom stereocenters. The number of hydrogen-bond acceptors (Lipinski definition) is 6. The zero-order chi connectivity index (χ0) is 23.9. The molecule has 0 bridgehead atoms. The van der Waals surface area contributed by atoms with Crippen molar-refractivity contribution in [2.45, 2.75) is 65.4 Å². The molecule has 2 rings (SSSR count). The lowest BCUT2D eigenvalue weighted by Crippen LogP contribution is -2.20. The molecule has 0 N–H and O–H groups in total. The molecule has 0 aliphatic heterocycles. The number of rotatable bonds is 15. The molecule has 0 aliphatic rings. The van der Waals surface area contributed by atoms with Gasteiger partial charge >= 0.3 is 11.9 Å². The van der Waals surface area contributed by atoms with Gasteiger partial charge in [-0.05, 0) is 68.8 Å². The summed E-state index contributed by atoms with van der Waals surface area (Å²) in [4.78, 5) is 24.6. The Morgan fingerprint density at radius 1 is 0.758 bits per heavy atom. The van der Waals surface area contributed by atoms with Crippen LogP contribution in [0.4, 0.5) is 0 Å². The molecule has 6 nitrogen and oxygen atoms in total. The molecule has 2 aromatic rings. The van der Waals surface area contributed by atoms with Crippen LogP contribution in [0.15, 0.2) is 48.5 Å². The molecule has 0 fully saturated rings. The Balaban J connectivity index is 1.77. The SMILES string of the molecule is CCCCCCCCOc1ccc(C(=O)Oc2ccc(C(=O)O[C@@H](C)COCC)cc2)cc1. The third kappa shape index (κ3) is 10.1. The Bertz CT molecular complexity index is 829. The monoisotopic (exact) mass is 456 g/mol. The molecule has 0 aromatic heterocycles. The van der Waals surface area contributed by atoms with Gasteiger partial charge in [-0.1, -0.05) is 39.0 Å². The van der Waals surface area contributed by atoms with Crippen LogP contribution in [0, 0.1) is 0 Å². The van der Waals surface area contributed by atoms with Crippen molar-refractivity contribution in [1.29, 1.82) is 0 Å². The van der Waals surface area contributed by atoms with Crippen molar-refractivity contribution in [1.82, 2.24) is 0 Å². The Hall–Kier alpha value is -2.86. The van der Waals surface area contributed by atoms with Gasteiger partial charge in [0.15, 0.2) is 0 Å². The van der Waals surface area contributed by atoms with Gasteiger partial charge in [-0.15, -0.1) is 0 Å². The first-order valence-corrected chi connectivity index (χ1v) is 11.9. The number of carbonyl (C=O) groups excluding carboxylic acids is 2. The molecule has 0 saturated carbocycles. The summed E-state index contributed by atoms with van der Waals surface area (Å²) in [6.07, 6.45) is 6.94. The highest BCUT2D eigenvalue weighted by Gasteiger charge is 2.13. The maximum Gasteiger partial charge on any atom is 0.343 e. The second-order valence-electron chi connectivity index (χ2n) is 7.93. The molecule has 0 aliphatic carbocycles. The highest BCUT2D eigenvalue weighted by atomic mass is 16.6. The van der Waals surface area contributed by atoms with E-state index in [0.717, 1.165) is 12.2 Å². The lowest BCUT2D eigenvalue weighted by Gasteiger charge is -2.13. The van der Waals surface area contributed by atoms with Crippen LogP contribution < -0.4 is 9.47 Å². The molecule has 0 radical (unpaired) electrons. The summed E-state index contributed by atoms with van der Waals surface area (Å²) in [5.74, 6) is 0.165. The highest BCUT2D eigenvalue weighted by molar-refractivity contribution is 5.92. The molecule has 0 heterocycles. The summed E-state index contributed by atoms with van der Waals surface area (Å²) in [6, 6.07) is 13.2. The van der Waals surface area contributed by atoms with E-state index in [-0.39, 0.29) is 6.10 Å². The molecular weight excluding hydrogens is 420 g/mol. The topological polar surface area (TPSA) is 71.1 Å². The average molecular weight is 457 g/mol. The molecule has 0 amide bonds. The second-order valence-corrected chi connectivity index (χ2v) is 7.93. The second kappa shape index (κ2) is 15.1. The van der Waals surface area contributed by atoms with E-state index in [9.17, 15) is 9.59 Å². The van der Waals surface area contributed by atoms with E-state index in [1.165, 1.54) is 32.1 Å². The largest absolute Gasteiger partial charge is 0.494 e. The van der Waals surface area contributed by atoms with Gasteiger partial charge in [-0.3, -0.25) is 0 Å². The van der Waals surface area contributed by atoms with Gasteiger partial charge < -0.3 is 18.9 Å². The first kappa shape index (κ1) is 26.4. The van der Waals surface area contributed by atoms with Crippen molar-refractivity contribution in [2.24, 2.45) is 0 Å². The number of unbranched alkanes of at least 4 members (excludes halogenated alkanes) is 5. The van der Waals surface area contributed by atoms with E-state index >= 15 is 0 Å². The first-order chi connectivity index (χ1) is 16.0. The summed E-state index contributed by atoms with van der Waals surface area (Å²) in [7, 11) is 0. The number of hydrogen-bond donors (Lipinski definition) is 0. The standard InChI is InChI=1S/C27H36O6/c1-4-6-7-8-9-10-19-31-24-15-11-23(12-16-24)27(29)33-25-17-13-22(14-18-25)26(28)32-21(3)20-30-5-2/h11-18,21H,4-10,19-20H2,1-3H3/t21-/m0/s1. The van der Waals surface area contributed by atoms with Crippen LogP contribution in [0.5, 0.6) is 11.5 Å². The predicted molar refractivity (Wildman–Crippen MR) is 128 cm³/mol. The van der Waals surface area contributed by atoms with Crippen molar-refractivity contribution in [2.75, 3.05) is 19.8 Å². The summed E-state index contributed by atoms with van der Waals surface area (Å²) in [5, 5.41) is 0. The van der Waals surface area contributed by atoms with Gasteiger partial charge in [0.1, 0.15) is 17.6 Å². The van der Waals surface area contributed by atoms with Crippen LogP contribution in [0.1, 0.15) is 80.0 Å². The number of carbonyl (C=O) groups is 2. The minimum atomic E-state index is -0.474. The van der Waals surface area contributed by atoms with Crippen LogP contribution >= 0.6 is 0 Å². The van der Waals surface area contributed by atoms with E-state index in [1.807, 2.05) is 6.92 Å². The smallest absolute Gasteiger partial charge is 0.343 e. The van der Waals surface area contributed by atoms with E-state index < -0.39 is 11.9 Å². The molecule has 0 unspecified atom stereocenters. The van der Waals surface area contributed by atoms with Crippen molar-refractivity contribution in [3.63, 3.8) is 0 Å². The highest BCUT2D eigenvalue weighted by Crippen LogP contribution is 2.18. The van der Waals surface area contributed by atoms with Crippen LogP contribution in [0.3, 0.4) is 0 Å². The quantitative estimate of drug-likeness (QED) is 0.180. The van der Waals surface area contributed by atoms with E-state index in [2.05, 4.69) is 6.92 Å². The van der Waals surface area contributed by atoms with E-state index in [4.69, 9.17) is 18.9 Å². The Kier molecular flexibility index (Phi) is 12.0. The average Bonchev–Trinajstić information content (AvgIpc) is 2.83. The van der Waals surface area contributed by atoms with Gasteiger partial charge in [0.2, 0.25) is 0 Å². The fraction of sp³-hybridized carbons (Fsp3) is 0.481. The van der Waals surface area contributed by atoms with Crippen LogP contribution in [0.2, 0.25) is 0 Å². The molecule has 2 aromatic carbocycles. The van der Waals surface area contributed by atoms with E-state index in [1.54, 1.807) is 55.5 Å². The van der Waals surface area contributed by atoms with Gasteiger partial charge in [-0.25, -0.2) is 9.59 Å². The molecule has 180 valence electrons. The zero-order valence-corrected chi connectivity index (χ0v) is 20.0. The van der Waals surface area contributed by atoms with Crippen molar-refractivity contribution in [3.8, 4) is 11.5 Å². The molecule has 0 saturated heterocycles. The normalized spacial score (nSPS) is 11.6. The van der Waals surface area contributed by atoms with Crippen LogP contribution in [-0.2, 0) is 9.47 Å². The van der Waals surface area contributed by atoms with Crippen molar-refractivity contribution >= 4 is 11.9 Å². The summed E-state index contributed by atoms with van der Waals surface area (Å²) < 4.78 is 21.7. The fourth-order valence-corrected chi connectivity index (χ4v) is 3.15. The van der Waals surface area contributed by atoms with E-state index in [0.29, 0.717) is 36.7 Å². The Morgan fingerprint density at radius 3 is 1.97 bits per heavy atom. The zero-order valence-electron chi connectivity index (χ0n) is 20.0. The molecular formula is C27H36O6. The third-order valence-electron chi connectivity index (χ3n) is 5.02. The lowest BCUT2D eigenvalue weighted by atomic mass is 10.1. The van der Waals surface area contributed by atoms with Crippen LogP contribution in [-0.4, -0.2) is 37.9 Å². The Morgan fingerprint density at radius 2 is 1.33 bits per heavy atom. The van der Waals surface area contributed by atoms with Crippen molar-refractivity contribution < 1.29 is 28.5 Å². The minimum absolute atomic E-state index is 0.340. The maximum atomic E-state index is 12.4. The predicted octanol–water partition coefficient (Wildman–Crippen LogP) is 6.23. The maximum absolute atomic E-state index is 12.4. The summed E-state index contributed by atoms with van der Waals surface area (Å²) in [5.41, 5.74) is 0.806.